The van der Waals surface area contributed by atoms with Crippen LogP contribution in [0.3, 0.4) is 0 Å². The third-order valence-electron chi connectivity index (χ3n) is 11.1. The second kappa shape index (κ2) is 11.4. The number of nitrogens with zero attached hydrogens (tertiary/aromatic N) is 1. The number of carbonyl (C=O) groups is 3. The SMILES string of the molecule is CN(C)CCNCc1cccc(C(=O)OCC(=O)[C@@]2(O)CC[C@H]3[C@@H]4CCC5=CC(=O)CC[C@]5(C)[C@H]4[C@@H](O)C[C@@]32C)c1. The second-order valence-electron chi connectivity index (χ2n) is 13.7. The summed E-state index contributed by atoms with van der Waals surface area (Å²) in [6.07, 6.45) is 5.33. The molecule has 4 aliphatic rings. The third kappa shape index (κ3) is 5.33. The summed E-state index contributed by atoms with van der Waals surface area (Å²) in [4.78, 5) is 40.7. The number of rotatable bonds is 9. The maximum atomic E-state index is 13.6. The van der Waals surface area contributed by atoms with Gasteiger partial charge in [0.05, 0.1) is 11.7 Å². The Hall–Kier alpha value is -2.39. The molecule has 1 aromatic carbocycles. The van der Waals surface area contributed by atoms with E-state index in [1.165, 1.54) is 0 Å². The van der Waals surface area contributed by atoms with Crippen LogP contribution < -0.4 is 5.32 Å². The molecule has 1 aromatic rings. The predicted octanol–water partition coefficient (Wildman–Crippen LogP) is 3.30. The summed E-state index contributed by atoms with van der Waals surface area (Å²) in [6, 6.07) is 7.16. The number of ether oxygens (including phenoxy) is 1. The molecule has 8 nitrogen and oxygen atoms in total. The summed E-state index contributed by atoms with van der Waals surface area (Å²) >= 11 is 0. The van der Waals surface area contributed by atoms with Crippen molar-refractivity contribution in [1.29, 1.82) is 0 Å². The van der Waals surface area contributed by atoms with Gasteiger partial charge in [-0.2, -0.15) is 0 Å². The number of aliphatic hydroxyl groups is 2. The molecule has 3 N–H and O–H groups in total. The van der Waals surface area contributed by atoms with E-state index in [0.717, 1.165) is 43.5 Å². The number of likely N-dealkylation sites (N-methyl/N-ethyl adjacent to an activating group) is 1. The molecule has 0 radical (unpaired) electrons. The van der Waals surface area contributed by atoms with Crippen LogP contribution in [0.2, 0.25) is 0 Å². The van der Waals surface area contributed by atoms with E-state index < -0.39 is 35.5 Å². The van der Waals surface area contributed by atoms with Gasteiger partial charge in [0.1, 0.15) is 5.60 Å². The molecule has 0 unspecified atom stereocenters. The molecule has 0 amide bonds. The standard InChI is InChI=1S/C33H46N2O6/c1-31-12-10-24(36)17-23(31)8-9-25-26-11-13-33(40,32(26,2)18-27(37)29(25)31)28(38)20-41-30(39)22-7-5-6-21(16-22)19-34-14-15-35(3)4/h5-7,16-17,25-27,29,34,37,40H,8-15,18-20H2,1-4H3/t25-,26-,27-,29+,31-,32-,33-/m0/s1. The topological polar surface area (TPSA) is 116 Å². The van der Waals surface area contributed by atoms with Crippen LogP contribution in [0.25, 0.3) is 0 Å². The lowest BCUT2D eigenvalue weighted by molar-refractivity contribution is -0.182. The van der Waals surface area contributed by atoms with Crippen LogP contribution in [0.5, 0.6) is 0 Å². The summed E-state index contributed by atoms with van der Waals surface area (Å²) in [7, 11) is 4.03. The molecule has 3 saturated carbocycles. The quantitative estimate of drug-likeness (QED) is 0.308. The van der Waals surface area contributed by atoms with Crippen LogP contribution in [0, 0.1) is 28.6 Å². The zero-order valence-corrected chi connectivity index (χ0v) is 24.9. The van der Waals surface area contributed by atoms with Gasteiger partial charge in [0.15, 0.2) is 12.4 Å². The largest absolute Gasteiger partial charge is 0.454 e. The number of ketones is 2. The van der Waals surface area contributed by atoms with Crippen molar-refractivity contribution in [2.45, 2.75) is 77.0 Å². The molecule has 4 aliphatic carbocycles. The number of hydrogen-bond acceptors (Lipinski definition) is 8. The van der Waals surface area contributed by atoms with Gasteiger partial charge in [0.2, 0.25) is 5.78 Å². The Kier molecular flexibility index (Phi) is 8.34. The molecule has 224 valence electrons. The van der Waals surface area contributed by atoms with E-state index in [1.54, 1.807) is 24.3 Å². The number of nitrogens with one attached hydrogen (secondary N) is 1. The summed E-state index contributed by atoms with van der Waals surface area (Å²) < 4.78 is 5.46. The number of hydrogen-bond donors (Lipinski definition) is 3. The first-order chi connectivity index (χ1) is 19.4. The van der Waals surface area contributed by atoms with Crippen LogP contribution in [0.15, 0.2) is 35.9 Å². The van der Waals surface area contributed by atoms with E-state index in [9.17, 15) is 24.6 Å². The van der Waals surface area contributed by atoms with Crippen molar-refractivity contribution in [3.05, 3.63) is 47.0 Å². The minimum atomic E-state index is -1.67. The fourth-order valence-corrected chi connectivity index (χ4v) is 8.83. The fourth-order valence-electron chi connectivity index (χ4n) is 8.83. The molecule has 0 saturated heterocycles. The normalized spacial score (nSPS) is 36.3. The van der Waals surface area contributed by atoms with Gasteiger partial charge in [0.25, 0.3) is 0 Å². The number of carbonyl (C=O) groups excluding carboxylic acids is 3. The summed E-state index contributed by atoms with van der Waals surface area (Å²) in [5, 5.41) is 26.8. The van der Waals surface area contributed by atoms with Crippen LogP contribution in [-0.2, 0) is 20.9 Å². The fraction of sp³-hybridized carbons (Fsp3) is 0.667. The van der Waals surface area contributed by atoms with Crippen molar-refractivity contribution < 1.29 is 29.3 Å². The number of allylic oxidation sites excluding steroid dienone is 1. The van der Waals surface area contributed by atoms with Gasteiger partial charge in [-0.1, -0.05) is 31.6 Å². The Morgan fingerprint density at radius 1 is 1.15 bits per heavy atom. The van der Waals surface area contributed by atoms with Crippen molar-refractivity contribution in [2.75, 3.05) is 33.8 Å². The molecule has 41 heavy (non-hydrogen) atoms. The van der Waals surface area contributed by atoms with Gasteiger partial charge in [-0.25, -0.2) is 4.79 Å². The lowest BCUT2D eigenvalue weighted by Crippen LogP contribution is -2.62. The monoisotopic (exact) mass is 566 g/mol. The van der Waals surface area contributed by atoms with Crippen molar-refractivity contribution in [1.82, 2.24) is 10.2 Å². The highest BCUT2D eigenvalue weighted by Gasteiger charge is 2.68. The Morgan fingerprint density at radius 2 is 1.93 bits per heavy atom. The van der Waals surface area contributed by atoms with E-state index in [1.807, 2.05) is 27.1 Å². The zero-order valence-electron chi connectivity index (χ0n) is 24.9. The second-order valence-corrected chi connectivity index (χ2v) is 13.7. The van der Waals surface area contributed by atoms with Gasteiger partial charge in [-0.15, -0.1) is 0 Å². The average molecular weight is 567 g/mol. The Labute approximate surface area is 243 Å². The van der Waals surface area contributed by atoms with E-state index in [-0.39, 0.29) is 29.0 Å². The molecule has 0 spiro atoms. The Balaban J connectivity index is 1.25. The van der Waals surface area contributed by atoms with E-state index in [2.05, 4.69) is 17.1 Å². The van der Waals surface area contributed by atoms with Gasteiger partial charge in [-0.05, 0) is 99.6 Å². The van der Waals surface area contributed by atoms with Crippen molar-refractivity contribution in [3.63, 3.8) is 0 Å². The average Bonchev–Trinajstić information content (AvgIpc) is 3.20. The predicted molar refractivity (Wildman–Crippen MR) is 155 cm³/mol. The van der Waals surface area contributed by atoms with Crippen molar-refractivity contribution in [3.8, 4) is 0 Å². The van der Waals surface area contributed by atoms with Crippen molar-refractivity contribution >= 4 is 17.5 Å². The summed E-state index contributed by atoms with van der Waals surface area (Å²) in [5.41, 5.74) is -0.232. The van der Waals surface area contributed by atoms with E-state index >= 15 is 0 Å². The molecular formula is C33H46N2O6. The minimum Gasteiger partial charge on any atom is -0.454 e. The molecule has 5 rings (SSSR count). The van der Waals surface area contributed by atoms with Crippen LogP contribution in [0.1, 0.15) is 74.7 Å². The van der Waals surface area contributed by atoms with Gasteiger partial charge in [0, 0.05) is 31.5 Å². The van der Waals surface area contributed by atoms with E-state index in [0.29, 0.717) is 37.8 Å². The molecule has 0 aromatic heterocycles. The number of esters is 1. The minimum absolute atomic E-state index is 0.00797. The molecule has 0 heterocycles. The molecule has 7 atom stereocenters. The first kappa shape index (κ1) is 30.1. The van der Waals surface area contributed by atoms with Crippen LogP contribution in [-0.4, -0.2) is 78.1 Å². The van der Waals surface area contributed by atoms with Crippen molar-refractivity contribution in [2.24, 2.45) is 28.6 Å². The number of benzene rings is 1. The lowest BCUT2D eigenvalue weighted by atomic mass is 9.45. The number of aliphatic hydroxyl groups excluding tert-OH is 1. The van der Waals surface area contributed by atoms with Gasteiger partial charge in [-0.3, -0.25) is 9.59 Å². The van der Waals surface area contributed by atoms with Gasteiger partial charge >= 0.3 is 5.97 Å². The lowest BCUT2D eigenvalue weighted by Gasteiger charge is -2.60. The first-order valence-corrected chi connectivity index (χ1v) is 15.2. The maximum Gasteiger partial charge on any atom is 0.338 e. The summed E-state index contributed by atoms with van der Waals surface area (Å²) in [5.74, 6) is -0.662. The zero-order chi connectivity index (χ0) is 29.6. The highest BCUT2D eigenvalue weighted by atomic mass is 16.5. The smallest absolute Gasteiger partial charge is 0.338 e. The summed E-state index contributed by atoms with van der Waals surface area (Å²) in [6.45, 7) is 5.97. The molecular weight excluding hydrogens is 520 g/mol. The number of fused-ring (bicyclic) bond motifs is 5. The molecule has 0 aliphatic heterocycles. The first-order valence-electron chi connectivity index (χ1n) is 15.2. The van der Waals surface area contributed by atoms with Gasteiger partial charge < -0.3 is 25.2 Å². The third-order valence-corrected chi connectivity index (χ3v) is 11.1. The maximum absolute atomic E-state index is 13.6. The van der Waals surface area contributed by atoms with Crippen LogP contribution in [0.4, 0.5) is 0 Å². The Morgan fingerprint density at radius 3 is 2.68 bits per heavy atom. The Bertz CT molecular complexity index is 1230. The van der Waals surface area contributed by atoms with E-state index in [4.69, 9.17) is 4.74 Å². The highest BCUT2D eigenvalue weighted by molar-refractivity contribution is 5.94. The van der Waals surface area contributed by atoms with Crippen LogP contribution >= 0.6 is 0 Å². The molecule has 8 heteroatoms. The number of Topliss-reactive ketones (excluding diaryl/α,β-unsaturated/α-hetero) is 1. The molecule has 3 fully saturated rings. The molecule has 0 bridgehead atoms. The highest BCUT2D eigenvalue weighted by Crippen LogP contribution is 2.67.